The molecule has 2 saturated carbocycles. The number of hydrogen-bond donors (Lipinski definition) is 5. The molecule has 0 bridgehead atoms. The van der Waals surface area contributed by atoms with Crippen LogP contribution in [0, 0.1) is 12.8 Å². The number of nitrogens with one attached hydrogen (secondary N) is 4. The van der Waals surface area contributed by atoms with Crippen LogP contribution >= 0.6 is 0 Å². The Labute approximate surface area is 200 Å². The van der Waals surface area contributed by atoms with Gasteiger partial charge in [0.05, 0.1) is 12.2 Å². The largest absolute Gasteiger partial charge is 0.367 e. The van der Waals surface area contributed by atoms with E-state index in [4.69, 9.17) is 15.3 Å². The van der Waals surface area contributed by atoms with Gasteiger partial charge in [-0.15, -0.1) is 0 Å². The topological polar surface area (TPSA) is 138 Å². The number of hydrogen-bond acceptors (Lipinski definition) is 10. The van der Waals surface area contributed by atoms with Gasteiger partial charge in [0.2, 0.25) is 5.95 Å². The molecule has 0 aliphatic heterocycles. The van der Waals surface area contributed by atoms with Crippen LogP contribution in [0.1, 0.15) is 56.4 Å². The third-order valence-corrected chi connectivity index (χ3v) is 6.04. The van der Waals surface area contributed by atoms with Crippen LogP contribution in [0.4, 0.5) is 17.6 Å². The van der Waals surface area contributed by atoms with E-state index in [1.807, 2.05) is 32.2 Å². The van der Waals surface area contributed by atoms with E-state index in [1.165, 1.54) is 18.6 Å². The summed E-state index contributed by atoms with van der Waals surface area (Å²) in [4.78, 5) is 13.8. The minimum Gasteiger partial charge on any atom is -0.367 e. The van der Waals surface area contributed by atoms with Gasteiger partial charge in [-0.25, -0.2) is 0 Å². The van der Waals surface area contributed by atoms with Gasteiger partial charge < -0.3 is 25.9 Å². The fourth-order valence-electron chi connectivity index (χ4n) is 4.13. The molecule has 0 amide bonds. The molecule has 10 heteroatoms. The van der Waals surface area contributed by atoms with Gasteiger partial charge in [-0.3, -0.25) is 10.8 Å². The molecule has 1 atom stereocenters. The zero-order valence-corrected chi connectivity index (χ0v) is 20.0. The number of aryl methyl sites for hydroxylation is 1. The van der Waals surface area contributed by atoms with Crippen molar-refractivity contribution in [1.29, 1.82) is 0 Å². The van der Waals surface area contributed by atoms with Crippen LogP contribution in [-0.4, -0.2) is 33.9 Å². The van der Waals surface area contributed by atoms with E-state index < -0.39 is 0 Å². The lowest BCUT2D eigenvalue weighted by molar-refractivity contribution is 0.384. The molecule has 34 heavy (non-hydrogen) atoms. The number of allylic oxidation sites excluding steroid dienone is 2. The molecular weight excluding hydrogens is 430 g/mol. The first kappa shape index (κ1) is 23.7. The molecular formula is C24H35N9O. The number of hydrazine groups is 1. The molecule has 182 valence electrons. The van der Waals surface area contributed by atoms with Crippen LogP contribution < -0.4 is 27.2 Å². The number of anilines is 3. The molecule has 2 aliphatic rings. The fourth-order valence-corrected chi connectivity index (χ4v) is 4.13. The Morgan fingerprint density at radius 3 is 2.76 bits per heavy atom. The summed E-state index contributed by atoms with van der Waals surface area (Å²) in [5.74, 6) is 8.75. The van der Waals surface area contributed by atoms with E-state index in [2.05, 4.69) is 43.1 Å². The molecule has 2 fully saturated rings. The van der Waals surface area contributed by atoms with Crippen molar-refractivity contribution in [1.82, 2.24) is 20.6 Å². The van der Waals surface area contributed by atoms with Crippen molar-refractivity contribution in [2.75, 3.05) is 23.0 Å². The Hall–Kier alpha value is -3.40. The van der Waals surface area contributed by atoms with E-state index in [9.17, 15) is 0 Å². The molecule has 4 rings (SSSR count). The number of rotatable bonds is 10. The van der Waals surface area contributed by atoms with Crippen LogP contribution in [0.15, 0.2) is 45.7 Å². The van der Waals surface area contributed by atoms with Gasteiger partial charge in [-0.2, -0.15) is 9.97 Å². The Kier molecular flexibility index (Phi) is 7.79. The van der Waals surface area contributed by atoms with E-state index in [-0.39, 0.29) is 6.04 Å². The van der Waals surface area contributed by atoms with Gasteiger partial charge in [-0.05, 0) is 45.1 Å². The molecule has 2 aromatic rings. The number of nitrogens with two attached hydrogens (primary N) is 1. The van der Waals surface area contributed by atoms with Crippen molar-refractivity contribution in [3.8, 4) is 0 Å². The summed E-state index contributed by atoms with van der Waals surface area (Å²) in [5.41, 5.74) is 6.56. The zero-order chi connectivity index (χ0) is 23.9. The third kappa shape index (κ3) is 6.80. The van der Waals surface area contributed by atoms with Crippen LogP contribution in [-0.2, 0) is 6.54 Å². The van der Waals surface area contributed by atoms with Crippen LogP contribution in [0.5, 0.6) is 0 Å². The molecule has 10 nitrogen and oxygen atoms in total. The molecule has 0 spiro atoms. The first-order valence-corrected chi connectivity index (χ1v) is 11.9. The van der Waals surface area contributed by atoms with Crippen molar-refractivity contribution in [3.63, 3.8) is 0 Å². The summed E-state index contributed by atoms with van der Waals surface area (Å²) in [6.45, 7) is 6.45. The second-order valence-electron chi connectivity index (χ2n) is 9.00. The van der Waals surface area contributed by atoms with Crippen molar-refractivity contribution < 1.29 is 4.52 Å². The van der Waals surface area contributed by atoms with Crippen molar-refractivity contribution in [2.24, 2.45) is 16.8 Å². The molecule has 2 aliphatic carbocycles. The van der Waals surface area contributed by atoms with E-state index in [0.29, 0.717) is 29.9 Å². The summed E-state index contributed by atoms with van der Waals surface area (Å²) in [5, 5.41) is 14.1. The lowest BCUT2D eigenvalue weighted by Gasteiger charge is -2.19. The highest BCUT2D eigenvalue weighted by molar-refractivity contribution is 5.85. The SMILES string of the molecule is C=C(/C=C(\NN)C1CC1)Nc1cc(N[C@@H]2CCCCC(=NC)C2)nc(NCc2cc(C)no2)n1. The molecule has 0 saturated heterocycles. The van der Waals surface area contributed by atoms with Crippen molar-refractivity contribution >= 4 is 23.3 Å². The van der Waals surface area contributed by atoms with E-state index in [0.717, 1.165) is 55.1 Å². The number of nitrogens with zero attached hydrogens (tertiary/aromatic N) is 4. The summed E-state index contributed by atoms with van der Waals surface area (Å²) in [6, 6.07) is 4.07. The highest BCUT2D eigenvalue weighted by atomic mass is 16.5. The van der Waals surface area contributed by atoms with E-state index in [1.54, 1.807) is 0 Å². The van der Waals surface area contributed by atoms with Crippen LogP contribution in [0.3, 0.4) is 0 Å². The van der Waals surface area contributed by atoms with Gasteiger partial charge in [-0.1, -0.05) is 18.2 Å². The molecule has 0 aromatic carbocycles. The average Bonchev–Trinajstić information content (AvgIpc) is 3.61. The molecule has 0 unspecified atom stereocenters. The number of aromatic nitrogens is 3. The molecule has 6 N–H and O–H groups in total. The quantitative estimate of drug-likeness (QED) is 0.153. The normalized spacial score (nSPS) is 20.0. The first-order chi connectivity index (χ1) is 16.5. The minimum atomic E-state index is 0.278. The first-order valence-electron chi connectivity index (χ1n) is 11.9. The maximum Gasteiger partial charge on any atom is 0.227 e. The fraction of sp³-hybridized carbons (Fsp3) is 0.500. The third-order valence-electron chi connectivity index (χ3n) is 6.04. The smallest absolute Gasteiger partial charge is 0.227 e. The summed E-state index contributed by atoms with van der Waals surface area (Å²) in [6.07, 6.45) is 9.64. The van der Waals surface area contributed by atoms with Gasteiger partial charge in [0.1, 0.15) is 11.6 Å². The highest BCUT2D eigenvalue weighted by Crippen LogP contribution is 2.35. The standard InChI is InChI=1S/C24H35N9O/c1-15(11-21(32-25)17-8-9-17)28-22-13-23(29-19-7-5-4-6-18(12-19)26-3)31-24(30-22)27-14-20-10-16(2)33-34-20/h10-11,13,17,19,32H,1,4-9,12,14,25H2,2-3H3,(H3,27,28,29,30,31)/b21-11-,26-18?/t19-/m1/s1. The Morgan fingerprint density at radius 1 is 1.24 bits per heavy atom. The highest BCUT2D eigenvalue weighted by Gasteiger charge is 2.25. The second kappa shape index (κ2) is 11.1. The molecule has 2 aromatic heterocycles. The van der Waals surface area contributed by atoms with Crippen molar-refractivity contribution in [3.05, 3.63) is 47.6 Å². The Bertz CT molecular complexity index is 1050. The second-order valence-corrected chi connectivity index (χ2v) is 9.00. The Balaban J connectivity index is 1.51. The monoisotopic (exact) mass is 465 g/mol. The van der Waals surface area contributed by atoms with Gasteiger partial charge in [0.15, 0.2) is 5.76 Å². The van der Waals surface area contributed by atoms with Gasteiger partial charge >= 0.3 is 0 Å². The summed E-state index contributed by atoms with van der Waals surface area (Å²) >= 11 is 0. The van der Waals surface area contributed by atoms with Gasteiger partial charge in [0.25, 0.3) is 0 Å². The maximum atomic E-state index is 5.68. The zero-order valence-electron chi connectivity index (χ0n) is 20.0. The molecule has 0 radical (unpaired) electrons. The summed E-state index contributed by atoms with van der Waals surface area (Å²) in [7, 11) is 1.88. The predicted molar refractivity (Wildman–Crippen MR) is 135 cm³/mol. The Morgan fingerprint density at radius 2 is 2.06 bits per heavy atom. The van der Waals surface area contributed by atoms with Crippen LogP contribution in [0.25, 0.3) is 0 Å². The van der Waals surface area contributed by atoms with Crippen molar-refractivity contribution in [2.45, 2.75) is 64.5 Å². The molecule has 2 heterocycles. The number of aliphatic imine (C=N–C) groups is 1. The minimum absolute atomic E-state index is 0.278. The maximum absolute atomic E-state index is 5.68. The average molecular weight is 466 g/mol. The van der Waals surface area contributed by atoms with Crippen LogP contribution in [0.2, 0.25) is 0 Å². The predicted octanol–water partition coefficient (Wildman–Crippen LogP) is 3.88. The van der Waals surface area contributed by atoms with E-state index >= 15 is 0 Å². The van der Waals surface area contributed by atoms with Gasteiger partial charge in [0, 0.05) is 54.7 Å². The summed E-state index contributed by atoms with van der Waals surface area (Å²) < 4.78 is 5.30. The lowest BCUT2D eigenvalue weighted by Crippen LogP contribution is -2.23. The lowest BCUT2D eigenvalue weighted by atomic mass is 10.1.